The molecule has 6 heteroatoms. The monoisotopic (exact) mass is 179 g/mol. The number of amides is 1. The molecule has 0 atom stereocenters. The van der Waals surface area contributed by atoms with E-state index in [9.17, 15) is 14.0 Å². The highest BCUT2D eigenvalue weighted by Crippen LogP contribution is 2.10. The fourth-order valence-electron chi connectivity index (χ4n) is 0.356. The van der Waals surface area contributed by atoms with Gasteiger partial charge in [-0.05, 0) is 13.8 Å². The van der Waals surface area contributed by atoms with Gasteiger partial charge in [0.15, 0.2) is 0 Å². The van der Waals surface area contributed by atoms with Gasteiger partial charge in [0, 0.05) is 0 Å². The van der Waals surface area contributed by atoms with Crippen molar-refractivity contribution in [2.24, 2.45) is 5.73 Å². The smallest absolute Gasteiger partial charge is 0.425 e. The van der Waals surface area contributed by atoms with Crippen LogP contribution in [0, 0.1) is 0 Å². The predicted molar refractivity (Wildman–Crippen MR) is 37.2 cm³/mol. The predicted octanol–water partition coefficient (Wildman–Crippen LogP) is 0.966. The van der Waals surface area contributed by atoms with Crippen molar-refractivity contribution in [3.63, 3.8) is 0 Å². The van der Waals surface area contributed by atoms with Crippen molar-refractivity contribution >= 4 is 12.2 Å². The Kier molecular flexibility index (Phi) is 3.46. The summed E-state index contributed by atoms with van der Waals surface area (Å²) in [6.45, 7) is 1.78. The Bertz CT molecular complexity index is 192. The van der Waals surface area contributed by atoms with Crippen molar-refractivity contribution in [3.8, 4) is 0 Å². The summed E-state index contributed by atoms with van der Waals surface area (Å²) in [7, 11) is 0. The summed E-state index contributed by atoms with van der Waals surface area (Å²) >= 11 is 0. The minimum atomic E-state index is -1.30. The molecule has 0 spiro atoms. The molecule has 0 aliphatic carbocycles. The number of primary amides is 1. The number of halogens is 1. The molecule has 1 amide bonds. The van der Waals surface area contributed by atoms with Crippen LogP contribution in [0.5, 0.6) is 0 Å². The van der Waals surface area contributed by atoms with E-state index in [1.807, 2.05) is 0 Å². The normalized spacial score (nSPS) is 10.6. The molecule has 70 valence electrons. The second-order valence-corrected chi connectivity index (χ2v) is 2.67. The van der Waals surface area contributed by atoms with E-state index in [2.05, 4.69) is 15.2 Å². The Morgan fingerprint density at radius 3 is 2.33 bits per heavy atom. The Labute approximate surface area is 68.6 Å². The van der Waals surface area contributed by atoms with E-state index < -0.39 is 24.5 Å². The second-order valence-electron chi connectivity index (χ2n) is 2.67. The van der Waals surface area contributed by atoms with Crippen LogP contribution in [0.15, 0.2) is 0 Å². The largest absolute Gasteiger partial charge is 0.518 e. The lowest BCUT2D eigenvalue weighted by molar-refractivity contribution is -0.0127. The lowest BCUT2D eigenvalue weighted by Gasteiger charge is -2.19. The van der Waals surface area contributed by atoms with E-state index in [0.717, 1.165) is 0 Å². The number of carbonyl (C=O) groups is 2. The zero-order valence-electron chi connectivity index (χ0n) is 6.80. The topological polar surface area (TPSA) is 78.6 Å². The molecule has 0 rings (SSSR count). The molecule has 5 nitrogen and oxygen atoms in total. The van der Waals surface area contributed by atoms with Crippen LogP contribution in [0.3, 0.4) is 0 Å². The van der Waals surface area contributed by atoms with Gasteiger partial charge in [-0.3, -0.25) is 0 Å². The van der Waals surface area contributed by atoms with Crippen molar-refractivity contribution in [2.45, 2.75) is 19.4 Å². The maximum absolute atomic E-state index is 12.0. The molecular formula is C6H10FNO4. The minimum absolute atomic E-state index is 0.874. The van der Waals surface area contributed by atoms with Gasteiger partial charge in [-0.1, -0.05) is 0 Å². The third-order valence-corrected chi connectivity index (χ3v) is 0.865. The third kappa shape index (κ3) is 4.48. The van der Waals surface area contributed by atoms with Gasteiger partial charge < -0.3 is 15.2 Å². The lowest BCUT2D eigenvalue weighted by atomic mass is 10.2. The average molecular weight is 179 g/mol. The first-order valence-electron chi connectivity index (χ1n) is 3.13. The molecule has 2 N–H and O–H groups in total. The quantitative estimate of drug-likeness (QED) is 0.506. The van der Waals surface area contributed by atoms with Crippen LogP contribution in [0.2, 0.25) is 0 Å². The molecule has 0 fully saturated rings. The highest BCUT2D eigenvalue weighted by atomic mass is 19.1. The molecule has 0 aromatic rings. The van der Waals surface area contributed by atoms with Crippen LogP contribution in [0.1, 0.15) is 13.8 Å². The van der Waals surface area contributed by atoms with Crippen LogP contribution in [-0.4, -0.2) is 24.5 Å². The number of hydrogen-bond donors (Lipinski definition) is 1. The van der Waals surface area contributed by atoms with E-state index in [4.69, 9.17) is 0 Å². The Morgan fingerprint density at radius 2 is 2.00 bits per heavy atom. The summed E-state index contributed by atoms with van der Waals surface area (Å²) < 4.78 is 20.2. The van der Waals surface area contributed by atoms with E-state index in [0.29, 0.717) is 0 Å². The van der Waals surface area contributed by atoms with Crippen LogP contribution in [-0.2, 0) is 9.47 Å². The van der Waals surface area contributed by atoms with Crippen molar-refractivity contribution < 1.29 is 23.5 Å². The van der Waals surface area contributed by atoms with Gasteiger partial charge in [0.1, 0.15) is 12.3 Å². The zero-order chi connectivity index (χ0) is 9.78. The SMILES string of the molecule is CC(C)(CF)OC(=O)OC(N)=O. The first-order chi connectivity index (χ1) is 5.37. The van der Waals surface area contributed by atoms with Gasteiger partial charge in [0.25, 0.3) is 0 Å². The van der Waals surface area contributed by atoms with Gasteiger partial charge in [-0.25, -0.2) is 14.0 Å². The fraction of sp³-hybridized carbons (Fsp3) is 0.667. The standard InChI is InChI=1S/C6H10FNO4/c1-6(2,3-7)12-5(10)11-4(8)9/h3H2,1-2H3,(H2,8,9). The fourth-order valence-corrected chi connectivity index (χ4v) is 0.356. The second kappa shape index (κ2) is 3.89. The Balaban J connectivity index is 3.92. The molecule has 0 aliphatic rings. The molecule has 0 aromatic carbocycles. The summed E-state index contributed by atoms with van der Waals surface area (Å²) in [6.07, 6.45) is -2.58. The van der Waals surface area contributed by atoms with Crippen molar-refractivity contribution in [2.75, 3.05) is 6.67 Å². The first-order valence-corrected chi connectivity index (χ1v) is 3.13. The van der Waals surface area contributed by atoms with E-state index in [-0.39, 0.29) is 0 Å². The van der Waals surface area contributed by atoms with Gasteiger partial charge in [-0.15, -0.1) is 0 Å². The zero-order valence-corrected chi connectivity index (χ0v) is 6.80. The van der Waals surface area contributed by atoms with Crippen molar-refractivity contribution in [1.82, 2.24) is 0 Å². The lowest BCUT2D eigenvalue weighted by Crippen LogP contribution is -2.32. The summed E-state index contributed by atoms with van der Waals surface area (Å²) in [4.78, 5) is 20.5. The van der Waals surface area contributed by atoms with E-state index in [1.165, 1.54) is 13.8 Å². The number of carbonyl (C=O) groups excluding carboxylic acids is 2. The summed E-state index contributed by atoms with van der Waals surface area (Å²) in [5.41, 5.74) is 3.20. The van der Waals surface area contributed by atoms with Gasteiger partial charge in [-0.2, -0.15) is 0 Å². The number of nitrogens with two attached hydrogens (primary N) is 1. The Morgan fingerprint density at radius 1 is 1.50 bits per heavy atom. The van der Waals surface area contributed by atoms with E-state index >= 15 is 0 Å². The molecule has 0 unspecified atom stereocenters. The van der Waals surface area contributed by atoms with Crippen LogP contribution >= 0.6 is 0 Å². The number of rotatable bonds is 2. The highest BCUT2D eigenvalue weighted by Gasteiger charge is 2.24. The highest BCUT2D eigenvalue weighted by molar-refractivity contribution is 5.79. The molecule has 0 bridgehead atoms. The maximum Gasteiger partial charge on any atom is 0.518 e. The van der Waals surface area contributed by atoms with Gasteiger partial charge in [0.2, 0.25) is 0 Å². The number of alkyl halides is 1. The molecule has 0 saturated carbocycles. The molecule has 0 radical (unpaired) electrons. The maximum atomic E-state index is 12.0. The van der Waals surface area contributed by atoms with Gasteiger partial charge in [0.05, 0.1) is 0 Å². The summed E-state index contributed by atoms with van der Waals surface area (Å²) in [5.74, 6) is 0. The molecule has 0 aliphatic heterocycles. The van der Waals surface area contributed by atoms with Gasteiger partial charge >= 0.3 is 12.2 Å². The first kappa shape index (κ1) is 10.7. The van der Waals surface area contributed by atoms with Crippen LogP contribution < -0.4 is 5.73 Å². The van der Waals surface area contributed by atoms with Crippen molar-refractivity contribution in [3.05, 3.63) is 0 Å². The third-order valence-electron chi connectivity index (χ3n) is 0.865. The molecule has 0 heterocycles. The molecule has 0 aromatic heterocycles. The van der Waals surface area contributed by atoms with E-state index in [1.54, 1.807) is 0 Å². The summed E-state index contributed by atoms with van der Waals surface area (Å²) in [6, 6.07) is 0. The Hall–Kier alpha value is -1.33. The molecular weight excluding hydrogens is 169 g/mol. The molecule has 0 saturated heterocycles. The molecule has 12 heavy (non-hydrogen) atoms. The van der Waals surface area contributed by atoms with Crippen molar-refractivity contribution in [1.29, 1.82) is 0 Å². The van der Waals surface area contributed by atoms with Crippen LogP contribution in [0.4, 0.5) is 14.0 Å². The number of hydrogen-bond acceptors (Lipinski definition) is 4. The van der Waals surface area contributed by atoms with Crippen LogP contribution in [0.25, 0.3) is 0 Å². The average Bonchev–Trinajstić information content (AvgIpc) is 1.84. The minimum Gasteiger partial charge on any atom is -0.425 e. The number of ether oxygens (including phenoxy) is 2. The summed E-state index contributed by atoms with van der Waals surface area (Å²) in [5, 5.41) is 0.